The molecule has 0 spiro atoms. The van der Waals surface area contributed by atoms with Crippen molar-refractivity contribution in [2.24, 2.45) is 0 Å². The van der Waals surface area contributed by atoms with Crippen molar-refractivity contribution in [1.82, 2.24) is 4.98 Å². The van der Waals surface area contributed by atoms with Crippen molar-refractivity contribution in [3.05, 3.63) is 108 Å². The normalized spacial score (nSPS) is 14.8. The first-order valence-electron chi connectivity index (χ1n) is 10.3. The third-order valence-electron chi connectivity index (χ3n) is 5.50. The second-order valence-corrected chi connectivity index (χ2v) is 7.73. The number of nitrogens with one attached hydrogen (secondary N) is 1. The van der Waals surface area contributed by atoms with Crippen molar-refractivity contribution in [3.8, 4) is 17.0 Å². The molecule has 0 amide bonds. The molecular formula is C26H22N3O2+. The molecule has 5 rings (SSSR count). The highest BCUT2D eigenvalue weighted by atomic mass is 16.3. The molecule has 4 aromatic rings. The van der Waals surface area contributed by atoms with Crippen LogP contribution in [0.25, 0.3) is 11.3 Å². The first-order chi connectivity index (χ1) is 15.2. The summed E-state index contributed by atoms with van der Waals surface area (Å²) < 4.78 is 1.70. The van der Waals surface area contributed by atoms with E-state index in [0.717, 1.165) is 33.9 Å². The van der Waals surface area contributed by atoms with Gasteiger partial charge in [0.05, 0.1) is 0 Å². The van der Waals surface area contributed by atoms with Crippen molar-refractivity contribution >= 4 is 11.7 Å². The summed E-state index contributed by atoms with van der Waals surface area (Å²) >= 11 is 0. The number of carbonyl (C=O) groups is 1. The van der Waals surface area contributed by atoms with Crippen LogP contribution in [0.2, 0.25) is 0 Å². The van der Waals surface area contributed by atoms with Gasteiger partial charge in [-0.1, -0.05) is 72.8 Å². The summed E-state index contributed by atoms with van der Waals surface area (Å²) in [6, 6.07) is 26.7. The highest BCUT2D eigenvalue weighted by Gasteiger charge is 2.41. The SMILES string of the molecule is O=C1C(Cc2cccc(O)c2)Nc2c(Cc3ccccc3)nc(-c3ccccc3)c[n+]21. The molecule has 1 aromatic heterocycles. The van der Waals surface area contributed by atoms with E-state index >= 15 is 0 Å². The number of phenolic OH excluding ortho intramolecular Hbond substituents is 1. The number of aromatic hydroxyl groups is 1. The van der Waals surface area contributed by atoms with Crippen LogP contribution in [0.4, 0.5) is 5.82 Å². The summed E-state index contributed by atoms with van der Waals surface area (Å²) in [7, 11) is 0. The van der Waals surface area contributed by atoms with Gasteiger partial charge >= 0.3 is 11.7 Å². The van der Waals surface area contributed by atoms with Gasteiger partial charge in [0.1, 0.15) is 23.3 Å². The molecule has 0 saturated carbocycles. The lowest BCUT2D eigenvalue weighted by Gasteiger charge is -2.07. The first-order valence-corrected chi connectivity index (χ1v) is 10.3. The second kappa shape index (κ2) is 8.03. The van der Waals surface area contributed by atoms with E-state index in [9.17, 15) is 9.90 Å². The average molecular weight is 408 g/mol. The van der Waals surface area contributed by atoms with Gasteiger partial charge in [-0.2, -0.15) is 4.57 Å². The summed E-state index contributed by atoms with van der Waals surface area (Å²) in [5.41, 5.74) is 4.60. The van der Waals surface area contributed by atoms with Crippen molar-refractivity contribution < 1.29 is 14.5 Å². The van der Waals surface area contributed by atoms with Gasteiger partial charge in [-0.05, 0) is 23.3 Å². The molecule has 5 nitrogen and oxygen atoms in total. The number of hydrogen-bond acceptors (Lipinski definition) is 4. The number of carbonyl (C=O) groups excluding carboxylic acids is 1. The Labute approximate surface area is 180 Å². The van der Waals surface area contributed by atoms with Gasteiger partial charge in [-0.15, -0.1) is 0 Å². The minimum atomic E-state index is -0.413. The number of rotatable bonds is 5. The fraction of sp³-hybridized carbons (Fsp3) is 0.115. The lowest BCUT2D eigenvalue weighted by molar-refractivity contribution is -0.552. The predicted octanol–water partition coefficient (Wildman–Crippen LogP) is 4.01. The van der Waals surface area contributed by atoms with Crippen LogP contribution >= 0.6 is 0 Å². The number of aromatic nitrogens is 2. The van der Waals surface area contributed by atoms with Crippen molar-refractivity contribution in [3.63, 3.8) is 0 Å². The number of hydrogen-bond donors (Lipinski definition) is 2. The van der Waals surface area contributed by atoms with Crippen LogP contribution in [0.1, 0.15) is 21.6 Å². The molecule has 0 aliphatic carbocycles. The van der Waals surface area contributed by atoms with E-state index in [1.165, 1.54) is 0 Å². The van der Waals surface area contributed by atoms with Crippen LogP contribution in [0.5, 0.6) is 5.75 Å². The van der Waals surface area contributed by atoms with E-state index in [2.05, 4.69) is 17.4 Å². The van der Waals surface area contributed by atoms with E-state index in [1.54, 1.807) is 22.8 Å². The molecule has 31 heavy (non-hydrogen) atoms. The minimum absolute atomic E-state index is 0.0211. The molecule has 1 aliphatic rings. The summed E-state index contributed by atoms with van der Waals surface area (Å²) in [5.74, 6) is 0.914. The van der Waals surface area contributed by atoms with E-state index in [0.29, 0.717) is 12.8 Å². The lowest BCUT2D eigenvalue weighted by atomic mass is 10.1. The Hall–Kier alpha value is -3.99. The lowest BCUT2D eigenvalue weighted by Crippen LogP contribution is -2.44. The molecular weight excluding hydrogens is 386 g/mol. The number of nitrogens with zero attached hydrogens (tertiary/aromatic N) is 2. The van der Waals surface area contributed by atoms with E-state index < -0.39 is 6.04 Å². The zero-order valence-corrected chi connectivity index (χ0v) is 16.9. The van der Waals surface area contributed by atoms with Gasteiger partial charge in [-0.25, -0.2) is 9.78 Å². The van der Waals surface area contributed by atoms with Crippen LogP contribution in [-0.4, -0.2) is 22.0 Å². The van der Waals surface area contributed by atoms with Crippen LogP contribution in [0.3, 0.4) is 0 Å². The zero-order chi connectivity index (χ0) is 21.2. The Morgan fingerprint density at radius 3 is 2.35 bits per heavy atom. The maximum absolute atomic E-state index is 13.3. The van der Waals surface area contributed by atoms with Crippen LogP contribution in [-0.2, 0) is 12.8 Å². The Balaban J connectivity index is 1.54. The predicted molar refractivity (Wildman–Crippen MR) is 119 cm³/mol. The monoisotopic (exact) mass is 408 g/mol. The topological polar surface area (TPSA) is 66.1 Å². The van der Waals surface area contributed by atoms with Crippen LogP contribution < -0.4 is 9.88 Å². The molecule has 0 radical (unpaired) electrons. The summed E-state index contributed by atoms with van der Waals surface area (Å²) in [6.07, 6.45) is 2.92. The zero-order valence-electron chi connectivity index (χ0n) is 16.9. The van der Waals surface area contributed by atoms with Gasteiger partial charge in [0.15, 0.2) is 6.04 Å². The van der Waals surface area contributed by atoms with Crippen molar-refractivity contribution in [2.75, 3.05) is 5.32 Å². The van der Waals surface area contributed by atoms with E-state index in [-0.39, 0.29) is 11.7 Å². The fourth-order valence-electron chi connectivity index (χ4n) is 3.99. The number of phenols is 1. The Bertz CT molecular complexity index is 1240. The molecule has 0 fully saturated rings. The highest BCUT2D eigenvalue weighted by Crippen LogP contribution is 2.25. The summed E-state index contributed by atoms with van der Waals surface area (Å²) in [4.78, 5) is 18.2. The molecule has 152 valence electrons. The van der Waals surface area contributed by atoms with Crippen molar-refractivity contribution in [1.29, 1.82) is 0 Å². The molecule has 0 bridgehead atoms. The smallest absolute Gasteiger partial charge is 0.359 e. The Morgan fingerprint density at radius 1 is 0.903 bits per heavy atom. The minimum Gasteiger partial charge on any atom is -0.508 e. The molecule has 0 saturated heterocycles. The van der Waals surface area contributed by atoms with Crippen LogP contribution in [0, 0.1) is 0 Å². The number of anilines is 1. The quantitative estimate of drug-likeness (QED) is 0.490. The Morgan fingerprint density at radius 2 is 1.61 bits per heavy atom. The summed E-state index contributed by atoms with van der Waals surface area (Å²) in [6.45, 7) is 0. The molecule has 1 aliphatic heterocycles. The Kier molecular flexibility index (Phi) is 4.92. The summed E-state index contributed by atoms with van der Waals surface area (Å²) in [5, 5.41) is 13.2. The molecule has 1 atom stereocenters. The maximum atomic E-state index is 13.3. The largest absolute Gasteiger partial charge is 0.508 e. The molecule has 3 aromatic carbocycles. The van der Waals surface area contributed by atoms with E-state index in [1.807, 2.05) is 60.8 Å². The van der Waals surface area contributed by atoms with Gasteiger partial charge in [-0.3, -0.25) is 5.32 Å². The molecule has 5 heteroatoms. The number of benzene rings is 3. The third kappa shape index (κ3) is 3.90. The second-order valence-electron chi connectivity index (χ2n) is 7.73. The average Bonchev–Trinajstić information content (AvgIpc) is 3.11. The van der Waals surface area contributed by atoms with Gasteiger partial charge in [0, 0.05) is 18.4 Å². The molecule has 2 heterocycles. The molecule has 2 N–H and O–H groups in total. The third-order valence-corrected chi connectivity index (χ3v) is 5.50. The van der Waals surface area contributed by atoms with Crippen molar-refractivity contribution in [2.45, 2.75) is 18.9 Å². The van der Waals surface area contributed by atoms with Gasteiger partial charge in [0.2, 0.25) is 0 Å². The fourth-order valence-corrected chi connectivity index (χ4v) is 3.99. The van der Waals surface area contributed by atoms with Crippen LogP contribution in [0.15, 0.2) is 91.1 Å². The molecule has 1 unspecified atom stereocenters. The maximum Gasteiger partial charge on any atom is 0.359 e. The highest BCUT2D eigenvalue weighted by molar-refractivity contribution is 5.82. The van der Waals surface area contributed by atoms with Gasteiger partial charge in [0.25, 0.3) is 0 Å². The standard InChI is InChI=1S/C26H21N3O2/c30-21-13-7-10-19(14-21)16-23-26(31)29-17-24(20-11-5-2-6-12-20)27-22(25(29)28-23)15-18-8-3-1-4-9-18/h1-14,17,23,30H,15-16H2/p+1. The van der Waals surface area contributed by atoms with Gasteiger partial charge < -0.3 is 5.11 Å². The number of fused-ring (bicyclic) bond motifs is 1. The van der Waals surface area contributed by atoms with E-state index in [4.69, 9.17) is 4.98 Å². The first kappa shape index (κ1) is 19.0.